The van der Waals surface area contributed by atoms with Crippen LogP contribution in [0.25, 0.3) is 5.65 Å². The van der Waals surface area contributed by atoms with E-state index >= 15 is 0 Å². The Morgan fingerprint density at radius 3 is 2.81 bits per heavy atom. The van der Waals surface area contributed by atoms with E-state index in [0.717, 1.165) is 49.3 Å². The number of carbonyl (C=O) groups is 1. The lowest BCUT2D eigenvalue weighted by molar-refractivity contribution is 0.0805. The first kappa shape index (κ1) is 20.5. The highest BCUT2D eigenvalue weighted by Crippen LogP contribution is 2.31. The predicted octanol–water partition coefficient (Wildman–Crippen LogP) is 0.673. The number of piperazine rings is 2. The maximum absolute atomic E-state index is 14.9. The van der Waals surface area contributed by atoms with Crippen molar-refractivity contribution >= 4 is 28.7 Å². The lowest BCUT2D eigenvalue weighted by Crippen LogP contribution is -2.61. The average Bonchev–Trinajstić information content (AvgIpc) is 3.08. The number of pyridine rings is 1. The molecule has 32 heavy (non-hydrogen) atoms. The van der Waals surface area contributed by atoms with Crippen LogP contribution in [0.2, 0.25) is 0 Å². The number of hydrogen-bond acceptors (Lipinski definition) is 8. The minimum absolute atomic E-state index is 0.0149. The van der Waals surface area contributed by atoms with Crippen LogP contribution in [0, 0.1) is 11.6 Å². The number of nitrogens with two attached hydrogens (primary N) is 1. The van der Waals surface area contributed by atoms with Crippen LogP contribution in [0.1, 0.15) is 10.4 Å². The number of nitrogens with zero attached hydrogens (tertiary/aromatic N) is 7. The van der Waals surface area contributed by atoms with E-state index in [1.54, 1.807) is 0 Å². The summed E-state index contributed by atoms with van der Waals surface area (Å²) in [7, 11) is 2.08. The average molecular weight is 443 g/mol. The second-order valence-corrected chi connectivity index (χ2v) is 8.17. The molecule has 3 aromatic heterocycles. The highest BCUT2D eigenvalue weighted by atomic mass is 19.1. The molecule has 5 rings (SSSR count). The van der Waals surface area contributed by atoms with Crippen LogP contribution in [0.5, 0.6) is 0 Å². The van der Waals surface area contributed by atoms with Gasteiger partial charge in [-0.3, -0.25) is 14.7 Å². The minimum Gasteiger partial charge on any atom is -0.381 e. The first-order valence-electron chi connectivity index (χ1n) is 10.3. The zero-order chi connectivity index (χ0) is 22.4. The Morgan fingerprint density at radius 2 is 1.97 bits per heavy atom. The number of rotatable bonds is 3. The second kappa shape index (κ2) is 7.95. The van der Waals surface area contributed by atoms with Crippen molar-refractivity contribution in [2.45, 2.75) is 6.04 Å². The Kier molecular flexibility index (Phi) is 5.10. The third-order valence-corrected chi connectivity index (χ3v) is 6.03. The number of nitrogen functional groups attached to an aromatic ring is 1. The number of hydrogen-bond donors (Lipinski definition) is 2. The number of carbonyl (C=O) groups excluding carboxylic acids is 1. The highest BCUT2D eigenvalue weighted by Gasteiger charge is 2.33. The quantitative estimate of drug-likeness (QED) is 0.608. The number of likely N-dealkylation sites (N-methyl/N-ethyl adjacent to an activating group) is 1. The Bertz CT molecular complexity index is 1180. The van der Waals surface area contributed by atoms with E-state index in [1.165, 1.54) is 6.20 Å². The number of aromatic nitrogens is 4. The van der Waals surface area contributed by atoms with Gasteiger partial charge in [0.15, 0.2) is 23.1 Å². The Hall–Kier alpha value is -3.38. The molecule has 3 aromatic rings. The van der Waals surface area contributed by atoms with Gasteiger partial charge in [0.25, 0.3) is 5.91 Å². The van der Waals surface area contributed by atoms with Crippen molar-refractivity contribution in [2.75, 3.05) is 62.3 Å². The molecular weight excluding hydrogens is 420 g/mol. The normalized spacial score (nSPS) is 19.8. The van der Waals surface area contributed by atoms with Gasteiger partial charge in [0.2, 0.25) is 0 Å². The molecule has 0 aromatic carbocycles. The fourth-order valence-electron chi connectivity index (χ4n) is 4.49. The molecule has 2 aliphatic heterocycles. The first-order chi connectivity index (χ1) is 15.4. The first-order valence-corrected chi connectivity index (χ1v) is 10.3. The molecule has 1 amide bonds. The number of nitrogens with one attached hydrogen (secondary N) is 1. The van der Waals surface area contributed by atoms with E-state index < -0.39 is 17.5 Å². The largest absolute Gasteiger partial charge is 0.381 e. The van der Waals surface area contributed by atoms with Gasteiger partial charge in [-0.2, -0.15) is 0 Å². The smallest absolute Gasteiger partial charge is 0.263 e. The maximum atomic E-state index is 14.9. The Morgan fingerprint density at radius 1 is 1.16 bits per heavy atom. The second-order valence-electron chi connectivity index (χ2n) is 8.17. The van der Waals surface area contributed by atoms with E-state index in [2.05, 4.69) is 37.2 Å². The van der Waals surface area contributed by atoms with Gasteiger partial charge in [0, 0.05) is 45.3 Å². The summed E-state index contributed by atoms with van der Waals surface area (Å²) in [5.41, 5.74) is 6.49. The van der Waals surface area contributed by atoms with E-state index in [-0.39, 0.29) is 34.4 Å². The molecule has 2 aliphatic rings. The van der Waals surface area contributed by atoms with Crippen LogP contribution in [0.15, 0.2) is 24.8 Å². The SMILES string of the molecule is CN1CCN2CCN(c3c(F)cncc3NC(=O)c3c(N)nn4cc(F)cnc34)CC2C1. The molecule has 1 atom stereocenters. The van der Waals surface area contributed by atoms with Gasteiger partial charge in [-0.05, 0) is 7.05 Å². The minimum atomic E-state index is -0.624. The van der Waals surface area contributed by atoms with Crippen LogP contribution >= 0.6 is 0 Å². The molecule has 0 saturated carbocycles. The van der Waals surface area contributed by atoms with Crippen LogP contribution in [0.4, 0.5) is 26.0 Å². The summed E-state index contributed by atoms with van der Waals surface area (Å²) < 4.78 is 29.5. The summed E-state index contributed by atoms with van der Waals surface area (Å²) in [6, 6.07) is 0.271. The van der Waals surface area contributed by atoms with Gasteiger partial charge >= 0.3 is 0 Å². The lowest BCUT2D eigenvalue weighted by atomic mass is 10.1. The summed E-state index contributed by atoms with van der Waals surface area (Å²) in [5, 5.41) is 6.64. The molecule has 12 heteroatoms. The molecule has 0 radical (unpaired) electrons. The van der Waals surface area contributed by atoms with Crippen LogP contribution < -0.4 is 16.0 Å². The third kappa shape index (κ3) is 3.60. The van der Waals surface area contributed by atoms with Crippen LogP contribution in [0.3, 0.4) is 0 Å². The van der Waals surface area contributed by atoms with Gasteiger partial charge < -0.3 is 20.9 Å². The van der Waals surface area contributed by atoms with Gasteiger partial charge in [-0.25, -0.2) is 18.3 Å². The molecule has 0 bridgehead atoms. The molecule has 2 saturated heterocycles. The molecule has 10 nitrogen and oxygen atoms in total. The van der Waals surface area contributed by atoms with Gasteiger partial charge in [-0.15, -0.1) is 5.10 Å². The molecule has 0 aliphatic carbocycles. The molecule has 1 unspecified atom stereocenters. The Labute approximate surface area is 182 Å². The monoisotopic (exact) mass is 443 g/mol. The van der Waals surface area contributed by atoms with Crippen molar-refractivity contribution in [2.24, 2.45) is 0 Å². The van der Waals surface area contributed by atoms with Gasteiger partial charge in [-0.1, -0.05) is 0 Å². The van der Waals surface area contributed by atoms with E-state index in [0.29, 0.717) is 13.1 Å². The van der Waals surface area contributed by atoms with Crippen LogP contribution in [-0.4, -0.2) is 87.6 Å². The number of anilines is 3. The van der Waals surface area contributed by atoms with Crippen LogP contribution in [-0.2, 0) is 0 Å². The van der Waals surface area contributed by atoms with Gasteiger partial charge in [0.05, 0.1) is 30.5 Å². The number of fused-ring (bicyclic) bond motifs is 2. The predicted molar refractivity (Wildman–Crippen MR) is 115 cm³/mol. The van der Waals surface area contributed by atoms with Crippen molar-refractivity contribution in [3.8, 4) is 0 Å². The highest BCUT2D eigenvalue weighted by molar-refractivity contribution is 6.12. The molecule has 2 fully saturated rings. The molecule has 5 heterocycles. The summed E-state index contributed by atoms with van der Waals surface area (Å²) in [5.74, 6) is -1.86. The lowest BCUT2D eigenvalue weighted by Gasteiger charge is -2.47. The van der Waals surface area contributed by atoms with Crippen molar-refractivity contribution in [1.29, 1.82) is 0 Å². The van der Waals surface area contributed by atoms with Crippen molar-refractivity contribution in [3.63, 3.8) is 0 Å². The molecule has 3 N–H and O–H groups in total. The van der Waals surface area contributed by atoms with Crippen molar-refractivity contribution in [1.82, 2.24) is 29.4 Å². The summed E-state index contributed by atoms with van der Waals surface area (Å²) >= 11 is 0. The Balaban J connectivity index is 1.44. The maximum Gasteiger partial charge on any atom is 0.263 e. The molecular formula is C20H23F2N9O. The summed E-state index contributed by atoms with van der Waals surface area (Å²) in [4.78, 5) is 27.5. The molecule has 0 spiro atoms. The van der Waals surface area contributed by atoms with Crippen molar-refractivity contribution in [3.05, 3.63) is 42.0 Å². The number of amides is 1. The summed E-state index contributed by atoms with van der Waals surface area (Å²) in [6.45, 7) is 4.97. The fourth-order valence-corrected chi connectivity index (χ4v) is 4.49. The fraction of sp³-hybridized carbons (Fsp3) is 0.400. The van der Waals surface area contributed by atoms with E-state index in [9.17, 15) is 13.6 Å². The zero-order valence-electron chi connectivity index (χ0n) is 17.5. The topological polar surface area (TPSA) is 108 Å². The van der Waals surface area contributed by atoms with E-state index in [4.69, 9.17) is 5.73 Å². The van der Waals surface area contributed by atoms with Crippen molar-refractivity contribution < 1.29 is 13.6 Å². The zero-order valence-corrected chi connectivity index (χ0v) is 17.5. The number of halogens is 2. The standard InChI is InChI=1S/C20H23F2N9O/c1-28-2-3-29-4-5-30(11-13(29)10-28)17-14(22)7-24-8-15(17)26-20(32)16-18(23)27-31-9-12(21)6-25-19(16)31/h6-9,13H,2-5,10-11H2,1H3,(H2,23,27)(H,26,32). The summed E-state index contributed by atoms with van der Waals surface area (Å²) in [6.07, 6.45) is 4.59. The van der Waals surface area contributed by atoms with E-state index in [1.807, 2.05) is 4.90 Å². The van der Waals surface area contributed by atoms with Gasteiger partial charge in [0.1, 0.15) is 11.3 Å². The molecule has 168 valence electrons. The third-order valence-electron chi connectivity index (χ3n) is 6.03.